The number of aromatic nitrogens is 1. The number of ether oxygens (including phenoxy) is 1. The summed E-state index contributed by atoms with van der Waals surface area (Å²) in [5.74, 6) is 0.537. The molecule has 0 radical (unpaired) electrons. The summed E-state index contributed by atoms with van der Waals surface area (Å²) in [5, 5.41) is 8.37. The van der Waals surface area contributed by atoms with E-state index in [0.29, 0.717) is 10.7 Å². The van der Waals surface area contributed by atoms with E-state index in [0.717, 1.165) is 20.6 Å². The molecule has 2 N–H and O–H groups in total. The van der Waals surface area contributed by atoms with Crippen molar-refractivity contribution < 1.29 is 9.53 Å². The van der Waals surface area contributed by atoms with E-state index in [2.05, 4.69) is 38.2 Å². The van der Waals surface area contributed by atoms with E-state index in [1.807, 2.05) is 41.8 Å². The smallest absolute Gasteiger partial charge is 0.257 e. The average Bonchev–Trinajstić information content (AvgIpc) is 3.10. The highest BCUT2D eigenvalue weighted by Crippen LogP contribution is 2.26. The second-order valence-corrected chi connectivity index (χ2v) is 7.70. The summed E-state index contributed by atoms with van der Waals surface area (Å²) < 4.78 is 6.14. The molecule has 0 spiro atoms. The predicted octanol–water partition coefficient (Wildman–Crippen LogP) is 4.55. The van der Waals surface area contributed by atoms with E-state index in [9.17, 15) is 4.79 Å². The summed E-state index contributed by atoms with van der Waals surface area (Å²) in [6.45, 7) is 0. The van der Waals surface area contributed by atoms with Crippen LogP contribution in [0.1, 0.15) is 10.4 Å². The maximum Gasteiger partial charge on any atom is 0.257 e. The standard InChI is InChI=1S/C18H14IN3O2S2/c1-24-14-7-5-11(6-8-14)15-10-26-18(20-15)22-17(25)21-16(23)12-3-2-4-13(19)9-12/h2-10H,1H3,(H2,20,21,22,23,25). The van der Waals surface area contributed by atoms with Crippen molar-refractivity contribution in [3.05, 3.63) is 63.0 Å². The molecule has 1 amide bonds. The highest BCUT2D eigenvalue weighted by atomic mass is 127. The van der Waals surface area contributed by atoms with E-state index in [-0.39, 0.29) is 11.0 Å². The topological polar surface area (TPSA) is 63.2 Å². The number of methoxy groups -OCH3 is 1. The fourth-order valence-corrected chi connectivity index (χ4v) is 3.68. The fourth-order valence-electron chi connectivity index (χ4n) is 2.16. The number of nitrogens with zero attached hydrogens (tertiary/aromatic N) is 1. The van der Waals surface area contributed by atoms with Gasteiger partial charge >= 0.3 is 0 Å². The Labute approximate surface area is 173 Å². The van der Waals surface area contributed by atoms with Crippen LogP contribution in [0, 0.1) is 3.57 Å². The zero-order chi connectivity index (χ0) is 18.5. The number of thiazole rings is 1. The van der Waals surface area contributed by atoms with Crippen LogP contribution in [0.15, 0.2) is 53.9 Å². The largest absolute Gasteiger partial charge is 0.497 e. The van der Waals surface area contributed by atoms with Gasteiger partial charge in [-0.25, -0.2) is 4.98 Å². The Kier molecular flexibility index (Phi) is 6.17. The monoisotopic (exact) mass is 495 g/mol. The summed E-state index contributed by atoms with van der Waals surface area (Å²) in [7, 11) is 1.63. The van der Waals surface area contributed by atoms with E-state index in [4.69, 9.17) is 17.0 Å². The van der Waals surface area contributed by atoms with Gasteiger partial charge in [0, 0.05) is 20.1 Å². The Morgan fingerprint density at radius 2 is 2.00 bits per heavy atom. The summed E-state index contributed by atoms with van der Waals surface area (Å²) in [5.41, 5.74) is 2.36. The Morgan fingerprint density at radius 1 is 1.23 bits per heavy atom. The maximum absolute atomic E-state index is 12.2. The Balaban J connectivity index is 1.63. The van der Waals surface area contributed by atoms with Gasteiger partial charge in [0.2, 0.25) is 0 Å². The second-order valence-electron chi connectivity index (χ2n) is 5.18. The molecule has 0 bridgehead atoms. The van der Waals surface area contributed by atoms with Crippen molar-refractivity contribution in [2.45, 2.75) is 0 Å². The zero-order valence-electron chi connectivity index (χ0n) is 13.7. The SMILES string of the molecule is COc1ccc(-c2csc(NC(=S)NC(=O)c3cccc(I)c3)n2)cc1. The minimum absolute atomic E-state index is 0.212. The quantitative estimate of drug-likeness (QED) is 0.411. The second kappa shape index (κ2) is 8.56. The first kappa shape index (κ1) is 18.7. The zero-order valence-corrected chi connectivity index (χ0v) is 17.4. The van der Waals surface area contributed by atoms with Crippen LogP contribution < -0.4 is 15.4 Å². The highest BCUT2D eigenvalue weighted by Gasteiger charge is 2.10. The molecule has 3 rings (SSSR count). The number of benzene rings is 2. The van der Waals surface area contributed by atoms with E-state index in [1.54, 1.807) is 19.2 Å². The number of anilines is 1. The molecule has 0 aliphatic rings. The Bertz CT molecular complexity index is 942. The highest BCUT2D eigenvalue weighted by molar-refractivity contribution is 14.1. The number of rotatable bonds is 4. The summed E-state index contributed by atoms with van der Waals surface area (Å²) in [4.78, 5) is 16.7. The van der Waals surface area contributed by atoms with Gasteiger partial charge in [-0.15, -0.1) is 11.3 Å². The van der Waals surface area contributed by atoms with Crippen molar-refractivity contribution in [2.75, 3.05) is 12.4 Å². The minimum Gasteiger partial charge on any atom is -0.497 e. The number of nitrogens with one attached hydrogen (secondary N) is 2. The molecular formula is C18H14IN3O2S2. The molecule has 0 unspecified atom stereocenters. The molecule has 0 atom stereocenters. The molecule has 0 saturated heterocycles. The third-order valence-electron chi connectivity index (χ3n) is 3.42. The van der Waals surface area contributed by atoms with Gasteiger partial charge in [0.25, 0.3) is 5.91 Å². The number of hydrogen-bond acceptors (Lipinski definition) is 5. The van der Waals surface area contributed by atoms with Crippen LogP contribution in [0.4, 0.5) is 5.13 Å². The van der Waals surface area contributed by atoms with Crippen molar-refractivity contribution >= 4 is 62.3 Å². The molecule has 132 valence electrons. The number of carbonyl (C=O) groups is 1. The van der Waals surface area contributed by atoms with Crippen LogP contribution >= 0.6 is 46.1 Å². The van der Waals surface area contributed by atoms with Crippen molar-refractivity contribution in [3.63, 3.8) is 0 Å². The summed E-state index contributed by atoms with van der Waals surface area (Å²) in [6.07, 6.45) is 0. The first-order chi connectivity index (χ1) is 12.5. The normalized spacial score (nSPS) is 10.2. The van der Waals surface area contributed by atoms with Gasteiger partial charge in [-0.3, -0.25) is 10.1 Å². The first-order valence-electron chi connectivity index (χ1n) is 7.53. The number of amides is 1. The third-order valence-corrected chi connectivity index (χ3v) is 5.06. The van der Waals surface area contributed by atoms with E-state index in [1.165, 1.54) is 11.3 Å². The van der Waals surface area contributed by atoms with Crippen LogP contribution in [0.25, 0.3) is 11.3 Å². The van der Waals surface area contributed by atoms with Crippen LogP contribution in [-0.2, 0) is 0 Å². The number of thiocarbonyl (C=S) groups is 1. The minimum atomic E-state index is -0.257. The van der Waals surface area contributed by atoms with Crippen molar-refractivity contribution in [2.24, 2.45) is 0 Å². The number of hydrogen-bond donors (Lipinski definition) is 2. The molecule has 0 aliphatic heterocycles. The predicted molar refractivity (Wildman–Crippen MR) is 117 cm³/mol. The molecule has 0 aliphatic carbocycles. The van der Waals surface area contributed by atoms with E-state index < -0.39 is 0 Å². The molecule has 5 nitrogen and oxygen atoms in total. The Morgan fingerprint density at radius 3 is 2.69 bits per heavy atom. The molecular weight excluding hydrogens is 481 g/mol. The molecule has 2 aromatic carbocycles. The lowest BCUT2D eigenvalue weighted by molar-refractivity contribution is 0.0977. The number of carbonyl (C=O) groups excluding carboxylic acids is 1. The lowest BCUT2D eigenvalue weighted by atomic mass is 10.2. The van der Waals surface area contributed by atoms with Crippen LogP contribution in [0.5, 0.6) is 5.75 Å². The number of halogens is 1. The summed E-state index contributed by atoms with van der Waals surface area (Å²) >= 11 is 8.78. The third kappa shape index (κ3) is 4.77. The van der Waals surface area contributed by atoms with Gasteiger partial charge in [-0.2, -0.15) is 0 Å². The van der Waals surface area contributed by atoms with Crippen LogP contribution in [0.3, 0.4) is 0 Å². The van der Waals surface area contributed by atoms with Gasteiger partial charge < -0.3 is 10.1 Å². The molecule has 3 aromatic rings. The van der Waals surface area contributed by atoms with Gasteiger partial charge in [-0.1, -0.05) is 6.07 Å². The van der Waals surface area contributed by atoms with E-state index >= 15 is 0 Å². The molecule has 1 aromatic heterocycles. The van der Waals surface area contributed by atoms with Gasteiger partial charge in [-0.05, 0) is 77.3 Å². The average molecular weight is 495 g/mol. The Hall–Kier alpha value is -2.04. The van der Waals surface area contributed by atoms with Crippen molar-refractivity contribution in [1.82, 2.24) is 10.3 Å². The van der Waals surface area contributed by atoms with Gasteiger partial charge in [0.05, 0.1) is 12.8 Å². The lowest BCUT2D eigenvalue weighted by Crippen LogP contribution is -2.34. The van der Waals surface area contributed by atoms with Gasteiger partial charge in [0.15, 0.2) is 10.2 Å². The molecule has 26 heavy (non-hydrogen) atoms. The molecule has 0 fully saturated rings. The van der Waals surface area contributed by atoms with Crippen molar-refractivity contribution in [1.29, 1.82) is 0 Å². The fraction of sp³-hybridized carbons (Fsp3) is 0.0556. The molecule has 1 heterocycles. The van der Waals surface area contributed by atoms with Gasteiger partial charge in [0.1, 0.15) is 5.75 Å². The van der Waals surface area contributed by atoms with Crippen LogP contribution in [-0.4, -0.2) is 23.1 Å². The molecule has 0 saturated carbocycles. The maximum atomic E-state index is 12.2. The summed E-state index contributed by atoms with van der Waals surface area (Å²) in [6, 6.07) is 14.9. The van der Waals surface area contributed by atoms with Crippen LogP contribution in [0.2, 0.25) is 0 Å². The first-order valence-corrected chi connectivity index (χ1v) is 9.89. The van der Waals surface area contributed by atoms with Crippen molar-refractivity contribution in [3.8, 4) is 17.0 Å². The lowest BCUT2D eigenvalue weighted by Gasteiger charge is -2.07. The molecule has 8 heteroatoms.